The number of nitrogens with one attached hydrogen (secondary N) is 1. The van der Waals surface area contributed by atoms with Crippen LogP contribution in [0.1, 0.15) is 23.4 Å². The number of carbonyl (C=O) groups excluding carboxylic acids is 2. The smallest absolute Gasteiger partial charge is 0.287 e. The molecule has 1 saturated heterocycles. The second-order valence-corrected chi connectivity index (χ2v) is 4.23. The van der Waals surface area contributed by atoms with Crippen molar-refractivity contribution in [1.29, 1.82) is 0 Å². The van der Waals surface area contributed by atoms with Crippen molar-refractivity contribution in [1.82, 2.24) is 10.2 Å². The Hall–Kier alpha value is -1.82. The van der Waals surface area contributed by atoms with Crippen LogP contribution in [0.15, 0.2) is 22.8 Å². The number of carbonyl (C=O) groups is 2. The number of furan rings is 1. The van der Waals surface area contributed by atoms with E-state index in [4.69, 9.17) is 9.52 Å². The van der Waals surface area contributed by atoms with Crippen LogP contribution in [0, 0.1) is 0 Å². The summed E-state index contributed by atoms with van der Waals surface area (Å²) < 4.78 is 4.92. The molecule has 0 bridgehead atoms. The van der Waals surface area contributed by atoms with Crippen LogP contribution in [0.3, 0.4) is 0 Å². The summed E-state index contributed by atoms with van der Waals surface area (Å²) in [6, 6.07) is 3.03. The molecule has 6 nitrogen and oxygen atoms in total. The minimum atomic E-state index is -0.409. The molecule has 0 unspecified atom stereocenters. The molecule has 1 aromatic heterocycles. The predicted molar refractivity (Wildman–Crippen MR) is 62.9 cm³/mol. The number of likely N-dealkylation sites (tertiary alicyclic amines) is 1. The molecule has 1 aliphatic heterocycles. The van der Waals surface area contributed by atoms with Gasteiger partial charge in [0, 0.05) is 6.54 Å². The average molecular weight is 252 g/mol. The fourth-order valence-corrected chi connectivity index (χ4v) is 2.11. The van der Waals surface area contributed by atoms with E-state index in [1.807, 2.05) is 0 Å². The molecule has 0 radical (unpaired) electrons. The molecule has 98 valence electrons. The van der Waals surface area contributed by atoms with Gasteiger partial charge in [0.15, 0.2) is 5.76 Å². The van der Waals surface area contributed by atoms with Gasteiger partial charge in [-0.05, 0) is 25.0 Å². The van der Waals surface area contributed by atoms with Crippen LogP contribution < -0.4 is 5.32 Å². The van der Waals surface area contributed by atoms with Crippen LogP contribution >= 0.6 is 0 Å². The Morgan fingerprint density at radius 2 is 2.39 bits per heavy atom. The van der Waals surface area contributed by atoms with Gasteiger partial charge in [0.05, 0.1) is 25.5 Å². The maximum absolute atomic E-state index is 11.9. The summed E-state index contributed by atoms with van der Waals surface area (Å²) in [5.41, 5.74) is 0. The first kappa shape index (κ1) is 12.6. The van der Waals surface area contributed by atoms with Crippen LogP contribution in [-0.4, -0.2) is 47.6 Å². The highest BCUT2D eigenvalue weighted by molar-refractivity contribution is 5.94. The minimum Gasteiger partial charge on any atom is -0.459 e. The maximum atomic E-state index is 11.9. The molecule has 0 aromatic carbocycles. The van der Waals surface area contributed by atoms with Crippen molar-refractivity contribution < 1.29 is 19.1 Å². The van der Waals surface area contributed by atoms with Crippen LogP contribution in [-0.2, 0) is 4.79 Å². The molecule has 0 spiro atoms. The molecule has 1 fully saturated rings. The summed E-state index contributed by atoms with van der Waals surface area (Å²) in [6.07, 6.45) is 3.11. The fourth-order valence-electron chi connectivity index (χ4n) is 2.11. The predicted octanol–water partition coefficient (Wildman–Crippen LogP) is -0.00730. The van der Waals surface area contributed by atoms with Crippen LogP contribution in [0.25, 0.3) is 0 Å². The standard InChI is InChI=1S/C12H16N2O4/c15-8-9-3-1-5-14(9)11(16)7-13-12(17)10-4-2-6-18-10/h2,4,6,9,15H,1,3,5,7-8H2,(H,13,17)/t9-/m1/s1. The number of hydrogen-bond donors (Lipinski definition) is 2. The van der Waals surface area contributed by atoms with Gasteiger partial charge in [-0.2, -0.15) is 0 Å². The summed E-state index contributed by atoms with van der Waals surface area (Å²) in [4.78, 5) is 25.0. The third-order valence-electron chi connectivity index (χ3n) is 3.05. The summed E-state index contributed by atoms with van der Waals surface area (Å²) in [7, 11) is 0. The van der Waals surface area contributed by atoms with E-state index in [2.05, 4.69) is 5.32 Å². The van der Waals surface area contributed by atoms with E-state index in [0.29, 0.717) is 6.54 Å². The van der Waals surface area contributed by atoms with Gasteiger partial charge in [-0.25, -0.2) is 0 Å². The normalized spacial score (nSPS) is 18.9. The average Bonchev–Trinajstić information content (AvgIpc) is 3.04. The van der Waals surface area contributed by atoms with Crippen molar-refractivity contribution in [2.75, 3.05) is 19.7 Å². The summed E-state index contributed by atoms with van der Waals surface area (Å²) in [5.74, 6) is -0.400. The van der Waals surface area contributed by atoms with Gasteiger partial charge in [0.2, 0.25) is 5.91 Å². The van der Waals surface area contributed by atoms with Crippen molar-refractivity contribution >= 4 is 11.8 Å². The molecule has 1 aromatic rings. The SMILES string of the molecule is O=C(NCC(=O)N1CCC[C@@H]1CO)c1ccco1. The Morgan fingerprint density at radius 1 is 1.56 bits per heavy atom. The largest absolute Gasteiger partial charge is 0.459 e. The molecule has 2 amide bonds. The number of amides is 2. The molecule has 0 saturated carbocycles. The number of hydrogen-bond acceptors (Lipinski definition) is 4. The first-order chi connectivity index (χ1) is 8.72. The Balaban J connectivity index is 1.83. The van der Waals surface area contributed by atoms with Gasteiger partial charge in [-0.15, -0.1) is 0 Å². The lowest BCUT2D eigenvalue weighted by atomic mass is 10.2. The molecule has 1 atom stereocenters. The first-order valence-electron chi connectivity index (χ1n) is 5.94. The number of nitrogens with zero attached hydrogens (tertiary/aromatic N) is 1. The van der Waals surface area contributed by atoms with Crippen molar-refractivity contribution in [2.45, 2.75) is 18.9 Å². The molecule has 2 N–H and O–H groups in total. The second kappa shape index (κ2) is 5.68. The topological polar surface area (TPSA) is 82.8 Å². The summed E-state index contributed by atoms with van der Waals surface area (Å²) >= 11 is 0. The highest BCUT2D eigenvalue weighted by atomic mass is 16.3. The third-order valence-corrected chi connectivity index (χ3v) is 3.05. The Kier molecular flexibility index (Phi) is 3.99. The van der Waals surface area contributed by atoms with Gasteiger partial charge < -0.3 is 19.7 Å². The Bertz CT molecular complexity index is 416. The third kappa shape index (κ3) is 2.70. The number of rotatable bonds is 4. The quantitative estimate of drug-likeness (QED) is 0.789. The molecule has 0 aliphatic carbocycles. The van der Waals surface area contributed by atoms with Crippen molar-refractivity contribution in [3.63, 3.8) is 0 Å². The van der Waals surface area contributed by atoms with Crippen molar-refractivity contribution in [2.24, 2.45) is 0 Å². The highest BCUT2D eigenvalue weighted by Crippen LogP contribution is 2.16. The first-order valence-corrected chi connectivity index (χ1v) is 5.94. The van der Waals surface area contributed by atoms with Crippen molar-refractivity contribution in [3.8, 4) is 0 Å². The number of aliphatic hydroxyl groups is 1. The lowest BCUT2D eigenvalue weighted by Crippen LogP contribution is -2.43. The van der Waals surface area contributed by atoms with E-state index >= 15 is 0 Å². The van der Waals surface area contributed by atoms with E-state index in [1.165, 1.54) is 12.3 Å². The van der Waals surface area contributed by atoms with Gasteiger partial charge in [-0.3, -0.25) is 9.59 Å². The zero-order valence-electron chi connectivity index (χ0n) is 9.96. The van der Waals surface area contributed by atoms with E-state index in [-0.39, 0.29) is 30.9 Å². The molecular formula is C12H16N2O4. The highest BCUT2D eigenvalue weighted by Gasteiger charge is 2.28. The van der Waals surface area contributed by atoms with Gasteiger partial charge >= 0.3 is 0 Å². The molecular weight excluding hydrogens is 236 g/mol. The van der Waals surface area contributed by atoms with E-state index < -0.39 is 5.91 Å². The van der Waals surface area contributed by atoms with Crippen LogP contribution in [0.4, 0.5) is 0 Å². The van der Waals surface area contributed by atoms with Crippen LogP contribution in [0.5, 0.6) is 0 Å². The Morgan fingerprint density at radius 3 is 3.06 bits per heavy atom. The molecule has 2 heterocycles. The zero-order valence-corrected chi connectivity index (χ0v) is 9.96. The van der Waals surface area contributed by atoms with E-state index in [0.717, 1.165) is 12.8 Å². The summed E-state index contributed by atoms with van der Waals surface area (Å²) in [5, 5.41) is 11.6. The summed E-state index contributed by atoms with van der Waals surface area (Å²) in [6.45, 7) is 0.536. The van der Waals surface area contributed by atoms with Crippen LogP contribution in [0.2, 0.25) is 0 Å². The monoisotopic (exact) mass is 252 g/mol. The molecule has 18 heavy (non-hydrogen) atoms. The van der Waals surface area contributed by atoms with E-state index in [9.17, 15) is 9.59 Å². The fraction of sp³-hybridized carbons (Fsp3) is 0.500. The molecule has 2 rings (SSSR count). The van der Waals surface area contributed by atoms with Gasteiger partial charge in [0.1, 0.15) is 0 Å². The second-order valence-electron chi connectivity index (χ2n) is 4.23. The van der Waals surface area contributed by atoms with Gasteiger partial charge in [-0.1, -0.05) is 0 Å². The zero-order chi connectivity index (χ0) is 13.0. The Labute approximate surface area is 105 Å². The molecule has 1 aliphatic rings. The lowest BCUT2D eigenvalue weighted by Gasteiger charge is -2.22. The molecule has 6 heteroatoms. The van der Waals surface area contributed by atoms with E-state index in [1.54, 1.807) is 11.0 Å². The van der Waals surface area contributed by atoms with Crippen molar-refractivity contribution in [3.05, 3.63) is 24.2 Å². The lowest BCUT2D eigenvalue weighted by molar-refractivity contribution is -0.131. The van der Waals surface area contributed by atoms with Gasteiger partial charge in [0.25, 0.3) is 5.91 Å². The minimum absolute atomic E-state index is 0.0299. The number of aliphatic hydroxyl groups excluding tert-OH is 1. The maximum Gasteiger partial charge on any atom is 0.287 e.